The fourth-order valence-electron chi connectivity index (χ4n) is 3.04. The fraction of sp³-hybridized carbons (Fsp3) is 0.625. The lowest BCUT2D eigenvalue weighted by atomic mass is 9.97. The maximum Gasteiger partial charge on any atom is 0.267 e. The third kappa shape index (κ3) is 3.48. The standard InChI is InChI=1S/C16H23N5O3/c1-3-21-10-11(9-17-21)15-12(5-4-8-24-15)18-16(23)13-6-7-14(22)20(2)19-13/h9-10,12,15H,3-8H2,1-2H3,(H,18,23)/t12-,15+/m0/s1. The molecule has 0 radical (unpaired) electrons. The molecule has 1 saturated heterocycles. The third-order valence-electron chi connectivity index (χ3n) is 4.41. The minimum atomic E-state index is -0.224. The van der Waals surface area contributed by atoms with Gasteiger partial charge in [0.2, 0.25) is 5.91 Å². The zero-order valence-corrected chi connectivity index (χ0v) is 14.1. The van der Waals surface area contributed by atoms with E-state index in [0.29, 0.717) is 25.2 Å². The van der Waals surface area contributed by atoms with Crippen LogP contribution in [0, 0.1) is 0 Å². The van der Waals surface area contributed by atoms with Gasteiger partial charge in [-0.25, -0.2) is 5.01 Å². The van der Waals surface area contributed by atoms with Gasteiger partial charge in [0.1, 0.15) is 11.8 Å². The number of aryl methyl sites for hydroxylation is 1. The summed E-state index contributed by atoms with van der Waals surface area (Å²) in [5, 5.41) is 12.6. The number of nitrogens with one attached hydrogen (secondary N) is 1. The highest BCUT2D eigenvalue weighted by atomic mass is 16.5. The van der Waals surface area contributed by atoms with Crippen LogP contribution in [-0.2, 0) is 20.9 Å². The highest BCUT2D eigenvalue weighted by molar-refractivity contribution is 6.39. The molecule has 3 heterocycles. The summed E-state index contributed by atoms with van der Waals surface area (Å²) in [5.41, 5.74) is 1.37. The zero-order valence-electron chi connectivity index (χ0n) is 14.1. The van der Waals surface area contributed by atoms with Crippen LogP contribution < -0.4 is 5.32 Å². The van der Waals surface area contributed by atoms with E-state index in [1.165, 1.54) is 5.01 Å². The predicted octanol–water partition coefficient (Wildman–Crippen LogP) is 0.847. The largest absolute Gasteiger partial charge is 0.371 e. The lowest BCUT2D eigenvalue weighted by Crippen LogP contribution is -2.46. The molecule has 1 fully saturated rings. The Labute approximate surface area is 140 Å². The zero-order chi connectivity index (χ0) is 17.1. The molecular formula is C16H23N5O3. The van der Waals surface area contributed by atoms with Crippen LogP contribution in [0.2, 0.25) is 0 Å². The number of hydrogen-bond donors (Lipinski definition) is 1. The highest BCUT2D eigenvalue weighted by Gasteiger charge is 2.31. The molecule has 0 bridgehead atoms. The van der Waals surface area contributed by atoms with E-state index in [1.54, 1.807) is 13.2 Å². The molecule has 1 aromatic rings. The molecule has 1 aromatic heterocycles. The van der Waals surface area contributed by atoms with Crippen molar-refractivity contribution >= 4 is 17.5 Å². The molecule has 3 rings (SSSR count). The summed E-state index contributed by atoms with van der Waals surface area (Å²) in [5.74, 6) is -0.296. The number of nitrogens with zero attached hydrogens (tertiary/aromatic N) is 4. The monoisotopic (exact) mass is 333 g/mol. The van der Waals surface area contributed by atoms with Gasteiger partial charge in [-0.2, -0.15) is 10.2 Å². The van der Waals surface area contributed by atoms with E-state index in [9.17, 15) is 9.59 Å². The van der Waals surface area contributed by atoms with E-state index >= 15 is 0 Å². The number of hydrogen-bond acceptors (Lipinski definition) is 5. The van der Waals surface area contributed by atoms with Crippen LogP contribution in [0.1, 0.15) is 44.3 Å². The predicted molar refractivity (Wildman–Crippen MR) is 87.2 cm³/mol. The Morgan fingerprint density at radius 3 is 3.00 bits per heavy atom. The summed E-state index contributed by atoms with van der Waals surface area (Å²) in [6, 6.07) is -0.119. The number of carbonyl (C=O) groups is 2. The van der Waals surface area contributed by atoms with Gasteiger partial charge < -0.3 is 10.1 Å². The summed E-state index contributed by atoms with van der Waals surface area (Å²) in [6.07, 6.45) is 5.98. The van der Waals surface area contributed by atoms with Gasteiger partial charge in [0.05, 0.1) is 12.2 Å². The number of hydrazone groups is 1. The molecule has 0 spiro atoms. The molecule has 0 aromatic carbocycles. The van der Waals surface area contributed by atoms with E-state index in [1.807, 2.05) is 17.8 Å². The molecule has 130 valence electrons. The summed E-state index contributed by atoms with van der Waals surface area (Å²) in [4.78, 5) is 24.0. The Balaban J connectivity index is 1.70. The molecule has 24 heavy (non-hydrogen) atoms. The average Bonchev–Trinajstić information content (AvgIpc) is 3.06. The average molecular weight is 333 g/mol. The van der Waals surface area contributed by atoms with Crippen molar-refractivity contribution in [2.45, 2.75) is 51.3 Å². The molecule has 2 atom stereocenters. The van der Waals surface area contributed by atoms with E-state index in [4.69, 9.17) is 4.74 Å². The van der Waals surface area contributed by atoms with Crippen molar-refractivity contribution in [2.75, 3.05) is 13.7 Å². The molecule has 0 unspecified atom stereocenters. The van der Waals surface area contributed by atoms with E-state index in [2.05, 4.69) is 15.5 Å². The lowest BCUT2D eigenvalue weighted by Gasteiger charge is -2.32. The van der Waals surface area contributed by atoms with Gasteiger partial charge in [-0.15, -0.1) is 0 Å². The Morgan fingerprint density at radius 2 is 2.29 bits per heavy atom. The molecule has 2 aliphatic rings. The first-order valence-corrected chi connectivity index (χ1v) is 8.37. The highest BCUT2D eigenvalue weighted by Crippen LogP contribution is 2.28. The molecular weight excluding hydrogens is 310 g/mol. The second kappa shape index (κ2) is 7.12. The first-order chi connectivity index (χ1) is 11.6. The van der Waals surface area contributed by atoms with E-state index < -0.39 is 0 Å². The van der Waals surface area contributed by atoms with Crippen molar-refractivity contribution in [1.29, 1.82) is 0 Å². The van der Waals surface area contributed by atoms with Crippen LogP contribution in [0.4, 0.5) is 0 Å². The number of carbonyl (C=O) groups excluding carboxylic acids is 2. The number of amides is 2. The second-order valence-corrected chi connectivity index (χ2v) is 6.11. The number of aromatic nitrogens is 2. The molecule has 8 heteroatoms. The van der Waals surface area contributed by atoms with Crippen molar-refractivity contribution in [3.8, 4) is 0 Å². The smallest absolute Gasteiger partial charge is 0.267 e. The molecule has 2 aliphatic heterocycles. The Kier molecular flexibility index (Phi) is 4.94. The lowest BCUT2D eigenvalue weighted by molar-refractivity contribution is -0.130. The van der Waals surface area contributed by atoms with Crippen LogP contribution in [0.25, 0.3) is 0 Å². The summed E-state index contributed by atoms with van der Waals surface area (Å²) >= 11 is 0. The van der Waals surface area contributed by atoms with E-state index in [-0.39, 0.29) is 24.0 Å². The SMILES string of the molecule is CCn1cc([C@H]2OCCC[C@@H]2NC(=O)C2=NN(C)C(=O)CC2)cn1. The quantitative estimate of drug-likeness (QED) is 0.884. The van der Waals surface area contributed by atoms with Crippen molar-refractivity contribution < 1.29 is 14.3 Å². The maximum absolute atomic E-state index is 12.5. The summed E-state index contributed by atoms with van der Waals surface area (Å²) in [6.45, 7) is 3.49. The van der Waals surface area contributed by atoms with Crippen molar-refractivity contribution in [2.24, 2.45) is 5.10 Å². The molecule has 0 aliphatic carbocycles. The topological polar surface area (TPSA) is 88.8 Å². The summed E-state index contributed by atoms with van der Waals surface area (Å²) in [7, 11) is 1.57. The van der Waals surface area contributed by atoms with Crippen LogP contribution in [0.5, 0.6) is 0 Å². The van der Waals surface area contributed by atoms with E-state index in [0.717, 1.165) is 24.9 Å². The van der Waals surface area contributed by atoms with Crippen LogP contribution in [0.3, 0.4) is 0 Å². The minimum absolute atomic E-state index is 0.0718. The van der Waals surface area contributed by atoms with Crippen molar-refractivity contribution in [3.05, 3.63) is 18.0 Å². The van der Waals surface area contributed by atoms with Crippen LogP contribution >= 0.6 is 0 Å². The molecule has 0 saturated carbocycles. The van der Waals surface area contributed by atoms with Gasteiger partial charge in [-0.3, -0.25) is 14.3 Å². The number of rotatable bonds is 4. The fourth-order valence-corrected chi connectivity index (χ4v) is 3.04. The third-order valence-corrected chi connectivity index (χ3v) is 4.41. The summed E-state index contributed by atoms with van der Waals surface area (Å²) < 4.78 is 7.73. The van der Waals surface area contributed by atoms with Gasteiger partial charge in [-0.1, -0.05) is 0 Å². The Hall–Kier alpha value is -2.22. The second-order valence-electron chi connectivity index (χ2n) is 6.11. The molecule has 2 amide bonds. The maximum atomic E-state index is 12.5. The van der Waals surface area contributed by atoms with Gasteiger partial charge >= 0.3 is 0 Å². The minimum Gasteiger partial charge on any atom is -0.371 e. The van der Waals surface area contributed by atoms with Gasteiger partial charge in [0.15, 0.2) is 0 Å². The number of ether oxygens (including phenoxy) is 1. The Morgan fingerprint density at radius 1 is 1.46 bits per heavy atom. The van der Waals surface area contributed by atoms with Crippen molar-refractivity contribution in [1.82, 2.24) is 20.1 Å². The molecule has 1 N–H and O–H groups in total. The molecule has 8 nitrogen and oxygen atoms in total. The van der Waals surface area contributed by atoms with Crippen LogP contribution in [0.15, 0.2) is 17.5 Å². The Bertz CT molecular complexity index is 654. The normalized spacial score (nSPS) is 24.7. The van der Waals surface area contributed by atoms with Crippen LogP contribution in [-0.4, -0.2) is 52.0 Å². The first-order valence-electron chi connectivity index (χ1n) is 8.37. The first kappa shape index (κ1) is 16.6. The van der Waals surface area contributed by atoms with Crippen molar-refractivity contribution in [3.63, 3.8) is 0 Å². The van der Waals surface area contributed by atoms with Gasteiger partial charge in [0, 0.05) is 44.8 Å². The van der Waals surface area contributed by atoms with Gasteiger partial charge in [0.25, 0.3) is 5.91 Å². The van der Waals surface area contributed by atoms with Gasteiger partial charge in [-0.05, 0) is 19.8 Å².